The summed E-state index contributed by atoms with van der Waals surface area (Å²) in [6.45, 7) is 1.86. The fraction of sp³-hybridized carbons (Fsp3) is 0.143. The predicted molar refractivity (Wildman–Crippen MR) is 74.5 cm³/mol. The normalized spacial score (nSPS) is 11.1. The van der Waals surface area contributed by atoms with E-state index in [9.17, 15) is 9.18 Å². The molecule has 3 rings (SSSR count). The molecule has 4 nitrogen and oxygen atoms in total. The van der Waals surface area contributed by atoms with Crippen LogP contribution >= 0.6 is 11.3 Å². The van der Waals surface area contributed by atoms with Crippen molar-refractivity contribution < 1.29 is 14.3 Å². The zero-order chi connectivity index (χ0) is 14.3. The number of aryl methyl sites for hydroxylation is 1. The highest BCUT2D eigenvalue weighted by molar-refractivity contribution is 7.15. The predicted octanol–water partition coefficient (Wildman–Crippen LogP) is 3.14. The number of carboxylic acid groups (broad SMARTS) is 1. The number of carbonyl (C=O) groups is 1. The van der Waals surface area contributed by atoms with Crippen LogP contribution < -0.4 is 0 Å². The lowest BCUT2D eigenvalue weighted by molar-refractivity contribution is -0.136. The molecule has 3 aromatic rings. The topological polar surface area (TPSA) is 54.6 Å². The van der Waals surface area contributed by atoms with E-state index in [-0.39, 0.29) is 12.2 Å². The molecule has 0 fully saturated rings. The average molecular weight is 290 g/mol. The molecule has 0 atom stereocenters. The van der Waals surface area contributed by atoms with E-state index in [1.807, 2.05) is 11.3 Å². The van der Waals surface area contributed by atoms with E-state index in [0.29, 0.717) is 17.0 Å². The van der Waals surface area contributed by atoms with Crippen molar-refractivity contribution in [1.29, 1.82) is 0 Å². The third-order valence-electron chi connectivity index (χ3n) is 3.09. The van der Waals surface area contributed by atoms with Gasteiger partial charge < -0.3 is 5.11 Å². The Hall–Kier alpha value is -2.21. The molecule has 0 radical (unpaired) electrons. The maximum atomic E-state index is 13.3. The standard InChI is InChI=1S/C14H11FN2O2S/c1-8-13(9-3-2-4-10(15)5-9)16-14-17(8)11(7-20-14)6-12(18)19/h2-5,7H,6H2,1H3,(H,18,19). The minimum atomic E-state index is -0.884. The minimum absolute atomic E-state index is 0.0558. The molecule has 0 aliphatic heterocycles. The highest BCUT2D eigenvalue weighted by Gasteiger charge is 2.16. The van der Waals surface area contributed by atoms with Crippen LogP contribution in [0.15, 0.2) is 29.6 Å². The second-order valence-electron chi connectivity index (χ2n) is 4.47. The molecule has 0 bridgehead atoms. The van der Waals surface area contributed by atoms with Crippen molar-refractivity contribution in [2.75, 3.05) is 0 Å². The van der Waals surface area contributed by atoms with Crippen molar-refractivity contribution in [1.82, 2.24) is 9.38 Å². The van der Waals surface area contributed by atoms with Crippen molar-refractivity contribution in [3.8, 4) is 11.3 Å². The second kappa shape index (κ2) is 4.72. The molecule has 0 amide bonds. The van der Waals surface area contributed by atoms with Crippen LogP contribution in [0.25, 0.3) is 16.2 Å². The molecule has 6 heteroatoms. The third-order valence-corrected chi connectivity index (χ3v) is 3.97. The van der Waals surface area contributed by atoms with Crippen LogP contribution in [0, 0.1) is 12.7 Å². The van der Waals surface area contributed by atoms with Gasteiger partial charge in [-0.2, -0.15) is 0 Å². The van der Waals surface area contributed by atoms with E-state index < -0.39 is 5.97 Å². The average Bonchev–Trinajstić information content (AvgIpc) is 2.91. The van der Waals surface area contributed by atoms with E-state index in [2.05, 4.69) is 4.98 Å². The fourth-order valence-electron chi connectivity index (χ4n) is 2.25. The molecule has 0 saturated heterocycles. The summed E-state index contributed by atoms with van der Waals surface area (Å²) < 4.78 is 15.1. The van der Waals surface area contributed by atoms with Crippen molar-refractivity contribution >= 4 is 22.3 Å². The van der Waals surface area contributed by atoms with Crippen LogP contribution in [0.3, 0.4) is 0 Å². The van der Waals surface area contributed by atoms with Crippen LogP contribution in [-0.4, -0.2) is 20.5 Å². The number of aromatic nitrogens is 2. The zero-order valence-electron chi connectivity index (χ0n) is 10.6. The van der Waals surface area contributed by atoms with Gasteiger partial charge >= 0.3 is 5.97 Å². The van der Waals surface area contributed by atoms with Gasteiger partial charge in [-0.05, 0) is 19.1 Å². The molecule has 20 heavy (non-hydrogen) atoms. The van der Waals surface area contributed by atoms with Crippen molar-refractivity contribution in [2.45, 2.75) is 13.3 Å². The van der Waals surface area contributed by atoms with E-state index in [0.717, 1.165) is 10.7 Å². The van der Waals surface area contributed by atoms with Gasteiger partial charge in [0.25, 0.3) is 0 Å². The number of imidazole rings is 1. The first-order chi connectivity index (χ1) is 9.56. The maximum absolute atomic E-state index is 13.3. The van der Waals surface area contributed by atoms with Gasteiger partial charge in [0.05, 0.1) is 12.1 Å². The summed E-state index contributed by atoms with van der Waals surface area (Å²) in [6, 6.07) is 6.23. The number of hydrogen-bond donors (Lipinski definition) is 1. The Balaban J connectivity index is 2.16. The van der Waals surface area contributed by atoms with E-state index in [1.54, 1.807) is 17.5 Å². The number of halogens is 1. The molecule has 0 aliphatic carbocycles. The molecule has 0 aliphatic rings. The SMILES string of the molecule is Cc1c(-c2cccc(F)c2)nc2scc(CC(=O)O)n12. The Morgan fingerprint density at radius 3 is 3.00 bits per heavy atom. The lowest BCUT2D eigenvalue weighted by atomic mass is 10.1. The van der Waals surface area contributed by atoms with Gasteiger partial charge in [-0.1, -0.05) is 12.1 Å². The summed E-state index contributed by atoms with van der Waals surface area (Å²) >= 11 is 1.38. The van der Waals surface area contributed by atoms with Crippen LogP contribution in [0.4, 0.5) is 4.39 Å². The molecule has 0 spiro atoms. The summed E-state index contributed by atoms with van der Waals surface area (Å²) in [5.41, 5.74) is 2.89. The van der Waals surface area contributed by atoms with Crippen molar-refractivity contribution in [3.63, 3.8) is 0 Å². The van der Waals surface area contributed by atoms with Gasteiger partial charge in [-0.3, -0.25) is 9.20 Å². The number of fused-ring (bicyclic) bond motifs is 1. The molecule has 0 saturated carbocycles. The van der Waals surface area contributed by atoms with E-state index in [1.165, 1.54) is 23.5 Å². The summed E-state index contributed by atoms with van der Waals surface area (Å²) in [7, 11) is 0. The van der Waals surface area contributed by atoms with Gasteiger partial charge in [-0.15, -0.1) is 11.3 Å². The number of benzene rings is 1. The Kier molecular flexibility index (Phi) is 3.02. The summed E-state index contributed by atoms with van der Waals surface area (Å²) in [5, 5.41) is 10.7. The van der Waals surface area contributed by atoms with Gasteiger partial charge in [0, 0.05) is 22.3 Å². The van der Waals surface area contributed by atoms with Gasteiger partial charge in [-0.25, -0.2) is 9.37 Å². The van der Waals surface area contributed by atoms with Crippen LogP contribution in [0.1, 0.15) is 11.4 Å². The minimum Gasteiger partial charge on any atom is -0.481 e. The zero-order valence-corrected chi connectivity index (χ0v) is 11.4. The first-order valence-electron chi connectivity index (χ1n) is 5.99. The molecule has 1 N–H and O–H groups in total. The molecule has 2 heterocycles. The molecule has 102 valence electrons. The molecular formula is C14H11FN2O2S. The third kappa shape index (κ3) is 2.08. The Bertz CT molecular complexity index is 807. The quantitative estimate of drug-likeness (QED) is 0.806. The highest BCUT2D eigenvalue weighted by atomic mass is 32.1. The van der Waals surface area contributed by atoms with Crippen LogP contribution in [-0.2, 0) is 11.2 Å². The largest absolute Gasteiger partial charge is 0.481 e. The summed E-state index contributed by atoms with van der Waals surface area (Å²) in [6.07, 6.45) is -0.0558. The number of carboxylic acids is 1. The molecule has 0 unspecified atom stereocenters. The lowest BCUT2D eigenvalue weighted by Gasteiger charge is -2.01. The highest BCUT2D eigenvalue weighted by Crippen LogP contribution is 2.28. The smallest absolute Gasteiger partial charge is 0.309 e. The first-order valence-corrected chi connectivity index (χ1v) is 6.87. The Morgan fingerprint density at radius 1 is 1.50 bits per heavy atom. The number of aliphatic carboxylic acids is 1. The second-order valence-corrected chi connectivity index (χ2v) is 5.31. The van der Waals surface area contributed by atoms with Crippen molar-refractivity contribution in [2.24, 2.45) is 0 Å². The lowest BCUT2D eigenvalue weighted by Crippen LogP contribution is -2.03. The van der Waals surface area contributed by atoms with Crippen molar-refractivity contribution in [3.05, 3.63) is 46.9 Å². The molecular weight excluding hydrogens is 279 g/mol. The Morgan fingerprint density at radius 2 is 2.30 bits per heavy atom. The number of thiazole rings is 1. The van der Waals surface area contributed by atoms with Crippen LogP contribution in [0.5, 0.6) is 0 Å². The first kappa shape index (κ1) is 12.8. The summed E-state index contributed by atoms with van der Waals surface area (Å²) in [4.78, 5) is 16.1. The van der Waals surface area contributed by atoms with Gasteiger partial charge in [0.2, 0.25) is 0 Å². The van der Waals surface area contributed by atoms with Crippen LogP contribution in [0.2, 0.25) is 0 Å². The van der Waals surface area contributed by atoms with E-state index >= 15 is 0 Å². The molecule has 1 aromatic carbocycles. The monoisotopic (exact) mass is 290 g/mol. The van der Waals surface area contributed by atoms with E-state index in [4.69, 9.17) is 5.11 Å². The summed E-state index contributed by atoms with van der Waals surface area (Å²) in [5.74, 6) is -1.20. The molecule has 2 aromatic heterocycles. The Labute approximate surface area is 118 Å². The fourth-order valence-corrected chi connectivity index (χ4v) is 3.19. The number of hydrogen-bond acceptors (Lipinski definition) is 3. The van der Waals surface area contributed by atoms with Gasteiger partial charge in [0.15, 0.2) is 4.96 Å². The maximum Gasteiger partial charge on any atom is 0.309 e. The number of nitrogens with zero attached hydrogens (tertiary/aromatic N) is 2. The number of rotatable bonds is 3. The van der Waals surface area contributed by atoms with Gasteiger partial charge in [0.1, 0.15) is 5.82 Å².